The first-order chi connectivity index (χ1) is 7.50. The van der Waals surface area contributed by atoms with Crippen LogP contribution in [0.2, 0.25) is 0 Å². The van der Waals surface area contributed by atoms with E-state index >= 15 is 0 Å². The molecule has 1 aromatic carbocycles. The van der Waals surface area contributed by atoms with Crippen LogP contribution in [0.25, 0.3) is 0 Å². The molecule has 0 aliphatic carbocycles. The minimum Gasteiger partial charge on any atom is -0.488 e. The Labute approximate surface area is 103 Å². The van der Waals surface area contributed by atoms with Gasteiger partial charge in [0.25, 0.3) is 0 Å². The molecule has 4 heteroatoms. The van der Waals surface area contributed by atoms with E-state index in [9.17, 15) is 4.79 Å². The van der Waals surface area contributed by atoms with E-state index in [4.69, 9.17) is 9.84 Å². The van der Waals surface area contributed by atoms with Crippen molar-refractivity contribution in [3.8, 4) is 5.75 Å². The fourth-order valence-corrected chi connectivity index (χ4v) is 1.41. The van der Waals surface area contributed by atoms with E-state index in [2.05, 4.69) is 15.9 Å². The normalized spacial score (nSPS) is 9.69. The molecule has 0 spiro atoms. The Balaban J connectivity index is 2.82. The fraction of sp³-hybridized carbons (Fsp3) is 0.250. The van der Waals surface area contributed by atoms with Gasteiger partial charge in [0.15, 0.2) is 0 Å². The molecule has 0 aliphatic rings. The first-order valence-corrected chi connectivity index (χ1v) is 5.59. The first-order valence-electron chi connectivity index (χ1n) is 4.79. The molecular weight excluding hydrogens is 272 g/mol. The van der Waals surface area contributed by atoms with Gasteiger partial charge in [0.05, 0.1) is 10.0 Å². The lowest BCUT2D eigenvalue weighted by Crippen LogP contribution is -1.99. The summed E-state index contributed by atoms with van der Waals surface area (Å²) in [6, 6.07) is 4.70. The molecule has 3 nitrogen and oxygen atoms in total. The highest BCUT2D eigenvalue weighted by atomic mass is 79.9. The molecule has 0 atom stereocenters. The average Bonchev–Trinajstić information content (AvgIpc) is 2.20. The number of carboxylic acids is 1. The molecule has 0 heterocycles. The maximum atomic E-state index is 10.8. The Morgan fingerprint density at radius 2 is 2.19 bits per heavy atom. The lowest BCUT2D eigenvalue weighted by Gasteiger charge is -2.07. The molecule has 0 saturated carbocycles. The fourth-order valence-electron chi connectivity index (χ4n) is 1.05. The lowest BCUT2D eigenvalue weighted by atomic mass is 10.2. The number of hydrogen-bond donors (Lipinski definition) is 1. The van der Waals surface area contributed by atoms with Crippen molar-refractivity contribution in [2.75, 3.05) is 6.61 Å². The topological polar surface area (TPSA) is 46.5 Å². The second-order valence-corrected chi connectivity index (χ2v) is 4.40. The van der Waals surface area contributed by atoms with E-state index in [1.165, 1.54) is 12.1 Å². The van der Waals surface area contributed by atoms with Gasteiger partial charge in [-0.3, -0.25) is 0 Å². The summed E-state index contributed by atoms with van der Waals surface area (Å²) in [5.74, 6) is -0.419. The van der Waals surface area contributed by atoms with Crippen molar-refractivity contribution >= 4 is 21.9 Å². The van der Waals surface area contributed by atoms with Gasteiger partial charge in [-0.15, -0.1) is 0 Å². The Hall–Kier alpha value is -1.29. The SMILES string of the molecule is CC(C)=CCOc1cc(C(=O)O)ccc1Br. The predicted molar refractivity (Wildman–Crippen MR) is 66.0 cm³/mol. The van der Waals surface area contributed by atoms with E-state index < -0.39 is 5.97 Å². The van der Waals surface area contributed by atoms with Crippen molar-refractivity contribution in [3.63, 3.8) is 0 Å². The molecule has 0 fully saturated rings. The van der Waals surface area contributed by atoms with Crippen LogP contribution in [-0.4, -0.2) is 17.7 Å². The van der Waals surface area contributed by atoms with Crippen LogP contribution in [0, 0.1) is 0 Å². The third kappa shape index (κ3) is 3.70. The number of carboxylic acid groups (broad SMARTS) is 1. The zero-order valence-electron chi connectivity index (χ0n) is 9.16. The summed E-state index contributed by atoms with van der Waals surface area (Å²) >= 11 is 3.31. The van der Waals surface area contributed by atoms with E-state index in [1.54, 1.807) is 6.07 Å². The van der Waals surface area contributed by atoms with Crippen molar-refractivity contribution in [3.05, 3.63) is 39.9 Å². The molecule has 1 aromatic rings. The highest BCUT2D eigenvalue weighted by Crippen LogP contribution is 2.26. The largest absolute Gasteiger partial charge is 0.488 e. The van der Waals surface area contributed by atoms with Gasteiger partial charge in [-0.05, 0) is 54.1 Å². The monoisotopic (exact) mass is 284 g/mol. The molecule has 0 radical (unpaired) electrons. The Morgan fingerprint density at radius 3 is 2.75 bits per heavy atom. The molecule has 86 valence electrons. The molecule has 0 aromatic heterocycles. The van der Waals surface area contributed by atoms with Crippen molar-refractivity contribution in [1.82, 2.24) is 0 Å². The molecule has 0 aliphatic heterocycles. The Morgan fingerprint density at radius 1 is 1.50 bits per heavy atom. The van der Waals surface area contributed by atoms with Gasteiger partial charge < -0.3 is 9.84 Å². The predicted octanol–water partition coefficient (Wildman–Crippen LogP) is 3.49. The van der Waals surface area contributed by atoms with E-state index in [1.807, 2.05) is 19.9 Å². The smallest absolute Gasteiger partial charge is 0.335 e. The highest BCUT2D eigenvalue weighted by molar-refractivity contribution is 9.10. The van der Waals surface area contributed by atoms with Crippen molar-refractivity contribution in [2.45, 2.75) is 13.8 Å². The number of benzene rings is 1. The van der Waals surface area contributed by atoms with E-state index in [0.29, 0.717) is 12.4 Å². The number of ether oxygens (including phenoxy) is 1. The minimum atomic E-state index is -0.959. The number of rotatable bonds is 4. The van der Waals surface area contributed by atoms with Gasteiger partial charge in [-0.25, -0.2) is 4.79 Å². The van der Waals surface area contributed by atoms with Crippen molar-refractivity contribution < 1.29 is 14.6 Å². The average molecular weight is 285 g/mol. The van der Waals surface area contributed by atoms with Gasteiger partial charge in [0, 0.05) is 0 Å². The lowest BCUT2D eigenvalue weighted by molar-refractivity contribution is 0.0696. The molecule has 0 amide bonds. The summed E-state index contributed by atoms with van der Waals surface area (Å²) in [5, 5.41) is 8.83. The van der Waals surface area contributed by atoms with Crippen LogP contribution >= 0.6 is 15.9 Å². The summed E-state index contributed by atoms with van der Waals surface area (Å²) in [6.45, 7) is 4.39. The summed E-state index contributed by atoms with van der Waals surface area (Å²) in [6.07, 6.45) is 1.93. The van der Waals surface area contributed by atoms with Crippen molar-refractivity contribution in [1.29, 1.82) is 0 Å². The minimum absolute atomic E-state index is 0.218. The number of aromatic carboxylic acids is 1. The summed E-state index contributed by atoms with van der Waals surface area (Å²) in [4.78, 5) is 10.8. The second kappa shape index (κ2) is 5.70. The molecule has 0 bridgehead atoms. The van der Waals surface area contributed by atoms with E-state index in [-0.39, 0.29) is 5.56 Å². The molecule has 0 saturated heterocycles. The molecule has 16 heavy (non-hydrogen) atoms. The summed E-state index contributed by atoms with van der Waals surface area (Å²) in [5.41, 5.74) is 1.38. The number of allylic oxidation sites excluding steroid dienone is 1. The van der Waals surface area contributed by atoms with Crippen LogP contribution in [0.5, 0.6) is 5.75 Å². The van der Waals surface area contributed by atoms with Crippen LogP contribution in [0.3, 0.4) is 0 Å². The zero-order valence-corrected chi connectivity index (χ0v) is 10.7. The second-order valence-electron chi connectivity index (χ2n) is 3.54. The van der Waals surface area contributed by atoms with Crippen LogP contribution in [0.1, 0.15) is 24.2 Å². The number of halogens is 1. The van der Waals surface area contributed by atoms with Crippen LogP contribution in [-0.2, 0) is 0 Å². The first kappa shape index (κ1) is 12.8. The summed E-state index contributed by atoms with van der Waals surface area (Å²) < 4.78 is 6.20. The van der Waals surface area contributed by atoms with Gasteiger partial charge >= 0.3 is 5.97 Å². The zero-order chi connectivity index (χ0) is 12.1. The quantitative estimate of drug-likeness (QED) is 0.861. The summed E-state index contributed by atoms with van der Waals surface area (Å²) in [7, 11) is 0. The van der Waals surface area contributed by atoms with Gasteiger partial charge in [0.1, 0.15) is 12.4 Å². The van der Waals surface area contributed by atoms with Crippen molar-refractivity contribution in [2.24, 2.45) is 0 Å². The molecular formula is C12H13BrO3. The van der Waals surface area contributed by atoms with Gasteiger partial charge in [-0.2, -0.15) is 0 Å². The van der Waals surface area contributed by atoms with Gasteiger partial charge in [0.2, 0.25) is 0 Å². The Kier molecular flexibility index (Phi) is 4.55. The van der Waals surface area contributed by atoms with Crippen LogP contribution in [0.15, 0.2) is 34.3 Å². The maximum Gasteiger partial charge on any atom is 0.335 e. The third-order valence-corrected chi connectivity index (χ3v) is 2.56. The van der Waals surface area contributed by atoms with Gasteiger partial charge in [-0.1, -0.05) is 5.57 Å². The molecule has 1 N–H and O–H groups in total. The number of hydrogen-bond acceptors (Lipinski definition) is 2. The Bertz CT molecular complexity index is 420. The standard InChI is InChI=1S/C12H13BrO3/c1-8(2)5-6-16-11-7-9(12(14)15)3-4-10(11)13/h3-5,7H,6H2,1-2H3,(H,14,15). The number of carbonyl (C=O) groups is 1. The van der Waals surface area contributed by atoms with E-state index in [0.717, 1.165) is 10.0 Å². The molecule has 0 unspecified atom stereocenters. The highest BCUT2D eigenvalue weighted by Gasteiger charge is 2.07. The maximum absolute atomic E-state index is 10.8. The van der Waals surface area contributed by atoms with Crippen LogP contribution < -0.4 is 4.74 Å². The van der Waals surface area contributed by atoms with Crippen LogP contribution in [0.4, 0.5) is 0 Å². The third-order valence-electron chi connectivity index (χ3n) is 1.91. The molecule has 1 rings (SSSR count).